The normalized spacial score (nSPS) is 23.5. The molecule has 1 rings (SSSR count). The fourth-order valence-electron chi connectivity index (χ4n) is 1.63. The van der Waals surface area contributed by atoms with E-state index in [1.807, 2.05) is 6.92 Å². The van der Waals surface area contributed by atoms with E-state index in [2.05, 4.69) is 10.3 Å². The van der Waals surface area contributed by atoms with E-state index in [0.29, 0.717) is 6.54 Å². The number of nitrogens with two attached hydrogens (primary N) is 2. The van der Waals surface area contributed by atoms with Crippen LogP contribution in [0.1, 0.15) is 19.8 Å². The maximum atomic E-state index is 12.7. The highest BCUT2D eigenvalue weighted by atomic mass is 19.4. The van der Waals surface area contributed by atoms with Crippen molar-refractivity contribution in [3.63, 3.8) is 0 Å². The van der Waals surface area contributed by atoms with Gasteiger partial charge in [0, 0.05) is 12.1 Å². The number of nitrogens with zero attached hydrogens (tertiary/aromatic N) is 1. The molecule has 0 fully saturated rings. The second kappa shape index (κ2) is 5.29. The number of nitrogens with one attached hydrogen (secondary N) is 1. The fraction of sp³-hybridized carbons (Fsp3) is 0.700. The zero-order chi connectivity index (χ0) is 13.1. The number of hydrogen-bond donors (Lipinski definition) is 3. The maximum Gasteiger partial charge on any atom is 0.397 e. The van der Waals surface area contributed by atoms with Crippen LogP contribution < -0.4 is 16.8 Å². The Morgan fingerprint density at radius 2 is 2.18 bits per heavy atom. The summed E-state index contributed by atoms with van der Waals surface area (Å²) in [4.78, 5) is 3.61. The SMILES string of the molecule is CCCCNC(N)=C1C(N)=NCC1C(F)(F)F. The lowest BCUT2D eigenvalue weighted by Gasteiger charge is -2.18. The van der Waals surface area contributed by atoms with E-state index in [9.17, 15) is 13.2 Å². The molecule has 1 atom stereocenters. The molecule has 0 spiro atoms. The Morgan fingerprint density at radius 1 is 1.53 bits per heavy atom. The van der Waals surface area contributed by atoms with E-state index in [4.69, 9.17) is 11.5 Å². The van der Waals surface area contributed by atoms with Gasteiger partial charge in [-0.1, -0.05) is 13.3 Å². The third-order valence-electron chi connectivity index (χ3n) is 2.60. The van der Waals surface area contributed by atoms with Crippen molar-refractivity contribution in [1.29, 1.82) is 0 Å². The molecule has 0 saturated carbocycles. The molecule has 17 heavy (non-hydrogen) atoms. The van der Waals surface area contributed by atoms with Crippen LogP contribution in [0.25, 0.3) is 0 Å². The van der Waals surface area contributed by atoms with Crippen LogP contribution in [0.4, 0.5) is 13.2 Å². The summed E-state index contributed by atoms with van der Waals surface area (Å²) in [5.41, 5.74) is 10.9. The molecule has 98 valence electrons. The van der Waals surface area contributed by atoms with Gasteiger partial charge in [0.2, 0.25) is 0 Å². The molecule has 7 heteroatoms. The average Bonchev–Trinajstić information content (AvgIpc) is 2.60. The lowest BCUT2D eigenvalue weighted by atomic mass is 10.0. The van der Waals surface area contributed by atoms with E-state index in [1.54, 1.807) is 0 Å². The van der Waals surface area contributed by atoms with Crippen molar-refractivity contribution in [2.45, 2.75) is 25.9 Å². The first-order valence-corrected chi connectivity index (χ1v) is 5.48. The molecule has 0 saturated heterocycles. The van der Waals surface area contributed by atoms with Crippen molar-refractivity contribution < 1.29 is 13.2 Å². The van der Waals surface area contributed by atoms with E-state index in [-0.39, 0.29) is 23.8 Å². The minimum atomic E-state index is -4.36. The summed E-state index contributed by atoms with van der Waals surface area (Å²) in [6.07, 6.45) is -2.60. The molecule has 0 aromatic rings. The third kappa shape index (κ3) is 3.28. The van der Waals surface area contributed by atoms with Gasteiger partial charge < -0.3 is 16.8 Å². The molecule has 0 aromatic carbocycles. The van der Waals surface area contributed by atoms with E-state index in [0.717, 1.165) is 12.8 Å². The Balaban J connectivity index is 2.82. The molecule has 0 bridgehead atoms. The molecule has 1 aliphatic heterocycles. The largest absolute Gasteiger partial charge is 0.397 e. The molecule has 4 nitrogen and oxygen atoms in total. The van der Waals surface area contributed by atoms with Gasteiger partial charge in [-0.05, 0) is 6.42 Å². The number of alkyl halides is 3. The Kier molecular flexibility index (Phi) is 4.25. The molecule has 5 N–H and O–H groups in total. The lowest BCUT2D eigenvalue weighted by Crippen LogP contribution is -2.34. The fourth-order valence-corrected chi connectivity index (χ4v) is 1.63. The number of aliphatic imine (C=N–C) groups is 1. The van der Waals surface area contributed by atoms with Crippen molar-refractivity contribution >= 4 is 5.84 Å². The molecular weight excluding hydrogens is 233 g/mol. The summed E-state index contributed by atoms with van der Waals surface area (Å²) < 4.78 is 38.1. The maximum absolute atomic E-state index is 12.7. The predicted molar refractivity (Wildman–Crippen MR) is 60.2 cm³/mol. The van der Waals surface area contributed by atoms with Crippen LogP contribution in [0.15, 0.2) is 16.4 Å². The van der Waals surface area contributed by atoms with Crippen molar-refractivity contribution in [1.82, 2.24) is 5.32 Å². The average molecular weight is 250 g/mol. The van der Waals surface area contributed by atoms with Crippen LogP contribution in [-0.4, -0.2) is 25.1 Å². The molecule has 0 aromatic heterocycles. The Morgan fingerprint density at radius 3 is 2.71 bits per heavy atom. The summed E-state index contributed by atoms with van der Waals surface area (Å²) in [5.74, 6) is -1.81. The van der Waals surface area contributed by atoms with Crippen LogP contribution >= 0.6 is 0 Å². The standard InChI is InChI=1S/C10H17F3N4/c1-2-3-4-16-8(14)7-6(10(11,12)13)5-17-9(7)15/h6,16H,2-5,14H2,1H3,(H2,15,17). The van der Waals surface area contributed by atoms with Gasteiger partial charge in [0.25, 0.3) is 0 Å². The van der Waals surface area contributed by atoms with E-state index in [1.165, 1.54) is 0 Å². The van der Waals surface area contributed by atoms with Crippen LogP contribution in [0.2, 0.25) is 0 Å². The number of amidine groups is 1. The van der Waals surface area contributed by atoms with Gasteiger partial charge in [-0.2, -0.15) is 13.2 Å². The Labute approximate surface area is 97.9 Å². The van der Waals surface area contributed by atoms with Crippen LogP contribution in [0, 0.1) is 5.92 Å². The molecular formula is C10H17F3N4. The second-order valence-corrected chi connectivity index (χ2v) is 3.93. The number of halogens is 3. The smallest absolute Gasteiger partial charge is 0.385 e. The molecule has 0 radical (unpaired) electrons. The van der Waals surface area contributed by atoms with Crippen molar-refractivity contribution in [2.24, 2.45) is 22.4 Å². The lowest BCUT2D eigenvalue weighted by molar-refractivity contribution is -0.158. The molecule has 1 heterocycles. The number of rotatable bonds is 4. The second-order valence-electron chi connectivity index (χ2n) is 3.93. The van der Waals surface area contributed by atoms with E-state index >= 15 is 0 Å². The summed E-state index contributed by atoms with van der Waals surface area (Å²) in [6, 6.07) is 0. The monoisotopic (exact) mass is 250 g/mol. The summed E-state index contributed by atoms with van der Waals surface area (Å²) in [5, 5.41) is 2.75. The minimum Gasteiger partial charge on any atom is -0.385 e. The highest BCUT2D eigenvalue weighted by molar-refractivity contribution is 5.99. The number of hydrogen-bond acceptors (Lipinski definition) is 4. The molecule has 1 unspecified atom stereocenters. The van der Waals surface area contributed by atoms with E-state index < -0.39 is 12.1 Å². The van der Waals surface area contributed by atoms with Gasteiger partial charge in [-0.3, -0.25) is 4.99 Å². The first-order valence-electron chi connectivity index (χ1n) is 5.48. The number of unbranched alkanes of at least 4 members (excludes halogenated alkanes) is 1. The van der Waals surface area contributed by atoms with Gasteiger partial charge in [0.15, 0.2) is 0 Å². The predicted octanol–water partition coefficient (Wildman–Crippen LogP) is 1.10. The van der Waals surface area contributed by atoms with Gasteiger partial charge in [0.05, 0.1) is 6.54 Å². The zero-order valence-corrected chi connectivity index (χ0v) is 9.64. The minimum absolute atomic E-state index is 0.0143. The molecule has 1 aliphatic rings. The van der Waals surface area contributed by atoms with Gasteiger partial charge in [-0.15, -0.1) is 0 Å². The highest BCUT2D eigenvalue weighted by Gasteiger charge is 2.46. The Bertz CT molecular complexity index is 333. The third-order valence-corrected chi connectivity index (χ3v) is 2.60. The highest BCUT2D eigenvalue weighted by Crippen LogP contribution is 2.35. The summed E-state index contributed by atoms with van der Waals surface area (Å²) >= 11 is 0. The topological polar surface area (TPSA) is 76.4 Å². The summed E-state index contributed by atoms with van der Waals surface area (Å²) in [7, 11) is 0. The van der Waals surface area contributed by atoms with Gasteiger partial charge >= 0.3 is 6.18 Å². The molecule has 0 aliphatic carbocycles. The van der Waals surface area contributed by atoms with Crippen molar-refractivity contribution in [3.8, 4) is 0 Å². The molecule has 0 amide bonds. The summed E-state index contributed by atoms with van der Waals surface area (Å²) in [6.45, 7) is 2.14. The first-order chi connectivity index (χ1) is 7.88. The zero-order valence-electron chi connectivity index (χ0n) is 9.64. The van der Waals surface area contributed by atoms with Gasteiger partial charge in [0.1, 0.15) is 17.6 Å². The van der Waals surface area contributed by atoms with Gasteiger partial charge in [-0.25, -0.2) is 0 Å². The van der Waals surface area contributed by atoms with Crippen LogP contribution in [0.3, 0.4) is 0 Å². The van der Waals surface area contributed by atoms with Crippen LogP contribution in [0.5, 0.6) is 0 Å². The first kappa shape index (κ1) is 13.7. The van der Waals surface area contributed by atoms with Crippen LogP contribution in [-0.2, 0) is 0 Å². The van der Waals surface area contributed by atoms with Crippen molar-refractivity contribution in [3.05, 3.63) is 11.4 Å². The quantitative estimate of drug-likeness (QED) is 0.654. The van der Waals surface area contributed by atoms with Crippen molar-refractivity contribution in [2.75, 3.05) is 13.1 Å². The Hall–Kier alpha value is -1.40.